The van der Waals surface area contributed by atoms with E-state index in [1.807, 2.05) is 0 Å². The van der Waals surface area contributed by atoms with Gasteiger partial charge in [0, 0.05) is 24.8 Å². The average molecular weight is 270 g/mol. The monoisotopic (exact) mass is 270 g/mol. The maximum atomic E-state index is 13.5. The number of imidazole rings is 1. The number of hydrogen-bond acceptors (Lipinski definition) is 3. The van der Waals surface area contributed by atoms with Crippen LogP contribution >= 0.6 is 0 Å². The topological polar surface area (TPSA) is 73.8 Å². The normalized spacial score (nSPS) is 14.9. The molecule has 5 nitrogen and oxygen atoms in total. The second kappa shape index (κ2) is 4.38. The van der Waals surface area contributed by atoms with Crippen molar-refractivity contribution >= 4 is 5.91 Å². The SMILES string of the molecule is NC(=O)C(c1ccncc1)(n1ccnc1)C(F)(F)F. The van der Waals surface area contributed by atoms with Gasteiger partial charge in [-0.2, -0.15) is 13.2 Å². The molecule has 19 heavy (non-hydrogen) atoms. The molecule has 0 aliphatic rings. The molecule has 100 valence electrons. The predicted molar refractivity (Wildman–Crippen MR) is 58.8 cm³/mol. The molecule has 2 aromatic rings. The Morgan fingerprint density at radius 2 is 1.79 bits per heavy atom. The minimum atomic E-state index is -4.92. The first-order valence-corrected chi connectivity index (χ1v) is 5.16. The molecule has 0 radical (unpaired) electrons. The second-order valence-electron chi connectivity index (χ2n) is 3.78. The third-order valence-electron chi connectivity index (χ3n) is 2.76. The number of carbonyl (C=O) groups excluding carboxylic acids is 1. The standard InChI is InChI=1S/C11H9F3N4O/c12-11(13,14)10(9(15)19,18-6-5-17-7-18)8-1-3-16-4-2-8/h1-7H,(H2,15,19). The van der Waals surface area contributed by atoms with E-state index in [4.69, 9.17) is 5.73 Å². The molecule has 8 heteroatoms. The van der Waals surface area contributed by atoms with E-state index in [9.17, 15) is 18.0 Å². The Kier molecular flexibility index (Phi) is 3.01. The molecular weight excluding hydrogens is 261 g/mol. The molecule has 0 aromatic carbocycles. The van der Waals surface area contributed by atoms with Crippen LogP contribution in [0.5, 0.6) is 0 Å². The lowest BCUT2D eigenvalue weighted by Crippen LogP contribution is -2.57. The fourth-order valence-corrected chi connectivity index (χ4v) is 1.92. The summed E-state index contributed by atoms with van der Waals surface area (Å²) in [6.45, 7) is 0. The summed E-state index contributed by atoms with van der Waals surface area (Å²) in [5, 5.41) is 0. The first-order chi connectivity index (χ1) is 8.90. The van der Waals surface area contributed by atoms with E-state index in [1.165, 1.54) is 0 Å². The number of primary amides is 1. The number of hydrogen-bond donors (Lipinski definition) is 1. The van der Waals surface area contributed by atoms with Crippen LogP contribution in [0.2, 0.25) is 0 Å². The van der Waals surface area contributed by atoms with Gasteiger partial charge in [-0.25, -0.2) is 4.98 Å². The van der Waals surface area contributed by atoms with Crippen LogP contribution in [0.25, 0.3) is 0 Å². The Morgan fingerprint density at radius 1 is 1.16 bits per heavy atom. The molecule has 1 unspecified atom stereocenters. The first-order valence-electron chi connectivity index (χ1n) is 5.16. The highest BCUT2D eigenvalue weighted by molar-refractivity contribution is 5.87. The number of amides is 1. The number of rotatable bonds is 3. The van der Waals surface area contributed by atoms with Crippen molar-refractivity contribution < 1.29 is 18.0 Å². The summed E-state index contributed by atoms with van der Waals surface area (Å²) in [5.74, 6) is -1.54. The lowest BCUT2D eigenvalue weighted by molar-refractivity contribution is -0.201. The number of halogens is 3. The Bertz CT molecular complexity index is 567. The number of nitrogens with two attached hydrogens (primary N) is 1. The minimum Gasteiger partial charge on any atom is -0.367 e. The van der Waals surface area contributed by atoms with Crippen molar-refractivity contribution in [3.05, 3.63) is 48.8 Å². The molecule has 0 bridgehead atoms. The summed E-state index contributed by atoms with van der Waals surface area (Å²) in [5.41, 5.74) is 1.74. The van der Waals surface area contributed by atoms with Crippen LogP contribution in [-0.4, -0.2) is 26.6 Å². The van der Waals surface area contributed by atoms with Crippen molar-refractivity contribution in [2.45, 2.75) is 11.7 Å². The zero-order valence-electron chi connectivity index (χ0n) is 9.50. The Hall–Kier alpha value is -2.38. The van der Waals surface area contributed by atoms with Crippen molar-refractivity contribution in [2.75, 3.05) is 0 Å². The van der Waals surface area contributed by atoms with Gasteiger partial charge < -0.3 is 10.3 Å². The van der Waals surface area contributed by atoms with Crippen molar-refractivity contribution in [3.8, 4) is 0 Å². The lowest BCUT2D eigenvalue weighted by atomic mass is 9.88. The van der Waals surface area contributed by atoms with Crippen molar-refractivity contribution in [1.82, 2.24) is 14.5 Å². The highest BCUT2D eigenvalue weighted by atomic mass is 19.4. The van der Waals surface area contributed by atoms with E-state index in [2.05, 4.69) is 9.97 Å². The van der Waals surface area contributed by atoms with E-state index in [0.29, 0.717) is 4.57 Å². The van der Waals surface area contributed by atoms with E-state index in [1.54, 1.807) is 0 Å². The van der Waals surface area contributed by atoms with Crippen LogP contribution in [0.1, 0.15) is 5.56 Å². The fourth-order valence-electron chi connectivity index (χ4n) is 1.92. The largest absolute Gasteiger partial charge is 0.425 e. The summed E-state index contributed by atoms with van der Waals surface area (Å²) < 4.78 is 41.2. The Morgan fingerprint density at radius 3 is 2.21 bits per heavy atom. The molecule has 2 N–H and O–H groups in total. The predicted octanol–water partition coefficient (Wildman–Crippen LogP) is 1.07. The molecule has 2 aromatic heterocycles. The van der Waals surface area contributed by atoms with Gasteiger partial charge in [0.25, 0.3) is 5.91 Å². The molecule has 0 aliphatic heterocycles. The van der Waals surface area contributed by atoms with Crippen molar-refractivity contribution in [3.63, 3.8) is 0 Å². The number of aromatic nitrogens is 3. The van der Waals surface area contributed by atoms with Crippen LogP contribution in [-0.2, 0) is 10.3 Å². The third kappa shape index (κ3) is 1.85. The summed E-state index contributed by atoms with van der Waals surface area (Å²) in [6.07, 6.45) is 0.494. The van der Waals surface area contributed by atoms with Crippen LogP contribution in [0.4, 0.5) is 13.2 Å². The minimum absolute atomic E-state index is 0.319. The number of pyridine rings is 1. The molecule has 1 atom stereocenters. The maximum Gasteiger partial charge on any atom is 0.425 e. The van der Waals surface area contributed by atoms with Crippen LogP contribution in [0.3, 0.4) is 0 Å². The number of nitrogens with zero attached hydrogens (tertiary/aromatic N) is 3. The smallest absolute Gasteiger partial charge is 0.367 e. The van der Waals surface area contributed by atoms with Gasteiger partial charge in [-0.1, -0.05) is 0 Å². The summed E-state index contributed by atoms with van der Waals surface area (Å²) >= 11 is 0. The summed E-state index contributed by atoms with van der Waals surface area (Å²) in [4.78, 5) is 18.8. The van der Waals surface area contributed by atoms with Gasteiger partial charge in [0.1, 0.15) is 0 Å². The van der Waals surface area contributed by atoms with Gasteiger partial charge in [-0.15, -0.1) is 0 Å². The lowest BCUT2D eigenvalue weighted by Gasteiger charge is -2.34. The molecule has 0 aliphatic carbocycles. The zero-order valence-corrected chi connectivity index (χ0v) is 9.50. The summed E-state index contributed by atoms with van der Waals surface area (Å²) in [7, 11) is 0. The van der Waals surface area contributed by atoms with Gasteiger partial charge in [0.15, 0.2) is 0 Å². The van der Waals surface area contributed by atoms with Gasteiger partial charge >= 0.3 is 6.18 Å². The van der Waals surface area contributed by atoms with Gasteiger partial charge in [-0.3, -0.25) is 9.78 Å². The van der Waals surface area contributed by atoms with Gasteiger partial charge in [0.05, 0.1) is 6.33 Å². The zero-order chi connectivity index (χ0) is 14.1. The molecule has 0 spiro atoms. The van der Waals surface area contributed by atoms with Gasteiger partial charge in [-0.05, 0) is 17.7 Å². The van der Waals surface area contributed by atoms with Crippen LogP contribution in [0.15, 0.2) is 43.2 Å². The van der Waals surface area contributed by atoms with Crippen LogP contribution in [0, 0.1) is 0 Å². The van der Waals surface area contributed by atoms with Gasteiger partial charge in [0.2, 0.25) is 5.54 Å². The molecule has 0 fully saturated rings. The molecule has 1 amide bonds. The molecule has 0 saturated carbocycles. The maximum absolute atomic E-state index is 13.5. The van der Waals surface area contributed by atoms with Crippen molar-refractivity contribution in [1.29, 1.82) is 0 Å². The van der Waals surface area contributed by atoms with E-state index < -0.39 is 17.6 Å². The van der Waals surface area contributed by atoms with E-state index in [-0.39, 0.29) is 5.56 Å². The first kappa shape index (κ1) is 13.1. The highest BCUT2D eigenvalue weighted by Gasteiger charge is 2.62. The second-order valence-corrected chi connectivity index (χ2v) is 3.78. The summed E-state index contributed by atoms with van der Waals surface area (Å²) in [6, 6.07) is 2.19. The molecule has 2 heterocycles. The van der Waals surface area contributed by atoms with Crippen molar-refractivity contribution in [2.24, 2.45) is 5.73 Å². The molecule has 2 rings (SSSR count). The quantitative estimate of drug-likeness (QED) is 0.906. The Balaban J connectivity index is 2.79. The van der Waals surface area contributed by atoms with Crippen LogP contribution < -0.4 is 5.73 Å². The van der Waals surface area contributed by atoms with E-state index in [0.717, 1.165) is 43.2 Å². The average Bonchev–Trinajstić information content (AvgIpc) is 2.83. The van der Waals surface area contributed by atoms with E-state index >= 15 is 0 Å². The number of alkyl halides is 3. The fraction of sp³-hybridized carbons (Fsp3) is 0.182. The third-order valence-corrected chi connectivity index (χ3v) is 2.76. The Labute approximate surface area is 105 Å². The molecule has 0 saturated heterocycles. The molecular formula is C11H9F3N4O. The highest BCUT2D eigenvalue weighted by Crippen LogP contribution is 2.42. The number of carbonyl (C=O) groups is 1.